The number of amides is 1. The van der Waals surface area contributed by atoms with Crippen molar-refractivity contribution in [1.82, 2.24) is 0 Å². The smallest absolute Gasteiger partial charge is 0.303 e. The fourth-order valence-electron chi connectivity index (χ4n) is 1.62. The van der Waals surface area contributed by atoms with E-state index in [1.54, 1.807) is 18.2 Å². The molecule has 0 saturated carbocycles. The first-order chi connectivity index (χ1) is 8.71. The van der Waals surface area contributed by atoms with E-state index in [1.807, 2.05) is 13.8 Å². The standard InChI is InChI=1S/C13H17BrN2O3/c1-13(2,6-5-11(17)18)16-10-4-3-8(12(15)19)7-9(10)14/h3-4,7,16H,5-6H2,1-2H3,(H2,15,19)(H,17,18). The van der Waals surface area contributed by atoms with Crippen molar-refractivity contribution in [3.8, 4) is 0 Å². The molecule has 5 nitrogen and oxygen atoms in total. The predicted octanol–water partition coefficient (Wildman–Crippen LogP) is 2.60. The minimum atomic E-state index is -0.821. The van der Waals surface area contributed by atoms with Gasteiger partial charge in [-0.05, 0) is 54.4 Å². The lowest BCUT2D eigenvalue weighted by Crippen LogP contribution is -2.31. The van der Waals surface area contributed by atoms with Gasteiger partial charge in [-0.15, -0.1) is 0 Å². The molecule has 4 N–H and O–H groups in total. The zero-order valence-electron chi connectivity index (χ0n) is 10.9. The highest BCUT2D eigenvalue weighted by Gasteiger charge is 2.20. The number of nitrogens with one attached hydrogen (secondary N) is 1. The third-order valence-corrected chi connectivity index (χ3v) is 3.35. The lowest BCUT2D eigenvalue weighted by Gasteiger charge is -2.27. The summed E-state index contributed by atoms with van der Waals surface area (Å²) in [6, 6.07) is 5.01. The number of carbonyl (C=O) groups is 2. The molecule has 19 heavy (non-hydrogen) atoms. The van der Waals surface area contributed by atoms with Gasteiger partial charge in [0.15, 0.2) is 0 Å². The molecule has 1 aromatic carbocycles. The molecule has 1 rings (SSSR count). The Morgan fingerprint density at radius 2 is 2.05 bits per heavy atom. The molecule has 1 aromatic rings. The first-order valence-electron chi connectivity index (χ1n) is 5.80. The van der Waals surface area contributed by atoms with E-state index in [0.717, 1.165) is 5.69 Å². The summed E-state index contributed by atoms with van der Waals surface area (Å²) < 4.78 is 0.715. The van der Waals surface area contributed by atoms with Crippen LogP contribution in [0.4, 0.5) is 5.69 Å². The molecule has 0 atom stereocenters. The molecule has 0 saturated heterocycles. The Morgan fingerprint density at radius 3 is 2.53 bits per heavy atom. The van der Waals surface area contributed by atoms with Crippen molar-refractivity contribution < 1.29 is 14.7 Å². The van der Waals surface area contributed by atoms with Gasteiger partial charge in [0.05, 0.1) is 0 Å². The van der Waals surface area contributed by atoms with Crippen molar-refractivity contribution in [3.63, 3.8) is 0 Å². The number of halogens is 1. The third-order valence-electron chi connectivity index (χ3n) is 2.69. The number of hydrogen-bond donors (Lipinski definition) is 3. The van der Waals surface area contributed by atoms with Crippen molar-refractivity contribution in [1.29, 1.82) is 0 Å². The molecule has 0 aliphatic rings. The topological polar surface area (TPSA) is 92.4 Å². The number of carboxylic acids is 1. The SMILES string of the molecule is CC(C)(CCC(=O)O)Nc1ccc(C(N)=O)cc1Br. The van der Waals surface area contributed by atoms with Crippen molar-refractivity contribution in [2.24, 2.45) is 5.73 Å². The summed E-state index contributed by atoms with van der Waals surface area (Å²) in [6.07, 6.45) is 0.587. The van der Waals surface area contributed by atoms with E-state index >= 15 is 0 Å². The summed E-state index contributed by atoms with van der Waals surface area (Å²) >= 11 is 3.36. The number of hydrogen-bond acceptors (Lipinski definition) is 3. The Morgan fingerprint density at radius 1 is 1.42 bits per heavy atom. The quantitative estimate of drug-likeness (QED) is 0.748. The fraction of sp³-hybridized carbons (Fsp3) is 0.385. The van der Waals surface area contributed by atoms with Gasteiger partial charge in [-0.1, -0.05) is 0 Å². The molecule has 6 heteroatoms. The number of anilines is 1. The first-order valence-corrected chi connectivity index (χ1v) is 6.60. The van der Waals surface area contributed by atoms with E-state index in [4.69, 9.17) is 10.8 Å². The summed E-state index contributed by atoms with van der Waals surface area (Å²) in [5, 5.41) is 12.0. The van der Waals surface area contributed by atoms with Gasteiger partial charge in [0.2, 0.25) is 5.91 Å². The second-order valence-electron chi connectivity index (χ2n) is 4.96. The van der Waals surface area contributed by atoms with E-state index < -0.39 is 11.9 Å². The van der Waals surface area contributed by atoms with Crippen LogP contribution in [-0.4, -0.2) is 22.5 Å². The van der Waals surface area contributed by atoms with E-state index in [1.165, 1.54) is 0 Å². The van der Waals surface area contributed by atoms with Crippen LogP contribution in [0, 0.1) is 0 Å². The highest BCUT2D eigenvalue weighted by atomic mass is 79.9. The number of aliphatic carboxylic acids is 1. The number of carbonyl (C=O) groups excluding carboxylic acids is 1. The number of nitrogens with two attached hydrogens (primary N) is 1. The van der Waals surface area contributed by atoms with Crippen molar-refractivity contribution in [2.75, 3.05) is 5.32 Å². The average Bonchev–Trinajstić information content (AvgIpc) is 2.29. The zero-order valence-corrected chi connectivity index (χ0v) is 12.5. The van der Waals surface area contributed by atoms with E-state index in [2.05, 4.69) is 21.2 Å². The van der Waals surface area contributed by atoms with Gasteiger partial charge >= 0.3 is 5.97 Å². The Kier molecular flexibility index (Phi) is 4.94. The van der Waals surface area contributed by atoms with Crippen LogP contribution in [-0.2, 0) is 4.79 Å². The maximum absolute atomic E-state index is 11.0. The summed E-state index contributed by atoms with van der Waals surface area (Å²) in [4.78, 5) is 21.6. The van der Waals surface area contributed by atoms with Crippen LogP contribution < -0.4 is 11.1 Å². The molecular weight excluding hydrogens is 312 g/mol. The Balaban J connectivity index is 2.81. The van der Waals surface area contributed by atoms with Gasteiger partial charge < -0.3 is 16.2 Å². The second-order valence-corrected chi connectivity index (χ2v) is 5.82. The van der Waals surface area contributed by atoms with Gasteiger partial charge in [-0.3, -0.25) is 9.59 Å². The fourth-order valence-corrected chi connectivity index (χ4v) is 2.09. The molecule has 0 aliphatic carbocycles. The molecule has 0 spiro atoms. The van der Waals surface area contributed by atoms with Gasteiger partial charge in [0, 0.05) is 27.7 Å². The molecule has 0 aromatic heterocycles. The molecule has 0 bridgehead atoms. The number of primary amides is 1. The van der Waals surface area contributed by atoms with E-state index in [-0.39, 0.29) is 12.0 Å². The van der Waals surface area contributed by atoms with Crippen LogP contribution in [0.15, 0.2) is 22.7 Å². The van der Waals surface area contributed by atoms with Crippen LogP contribution >= 0.6 is 15.9 Å². The summed E-state index contributed by atoms with van der Waals surface area (Å²) in [5.41, 5.74) is 6.04. The van der Waals surface area contributed by atoms with Gasteiger partial charge in [0.1, 0.15) is 0 Å². The van der Waals surface area contributed by atoms with Gasteiger partial charge in [-0.25, -0.2) is 0 Å². The lowest BCUT2D eigenvalue weighted by molar-refractivity contribution is -0.137. The largest absolute Gasteiger partial charge is 0.481 e. The Hall–Kier alpha value is -1.56. The molecular formula is C13H17BrN2O3. The van der Waals surface area contributed by atoms with Crippen LogP contribution in [0.3, 0.4) is 0 Å². The molecule has 104 valence electrons. The van der Waals surface area contributed by atoms with Crippen molar-refractivity contribution in [3.05, 3.63) is 28.2 Å². The third kappa shape index (κ3) is 4.90. The molecule has 0 unspecified atom stereocenters. The summed E-state index contributed by atoms with van der Waals surface area (Å²) in [7, 11) is 0. The van der Waals surface area contributed by atoms with E-state index in [9.17, 15) is 9.59 Å². The molecule has 0 heterocycles. The van der Waals surface area contributed by atoms with Crippen molar-refractivity contribution >= 4 is 33.5 Å². The lowest BCUT2D eigenvalue weighted by atomic mass is 9.98. The van der Waals surface area contributed by atoms with E-state index in [0.29, 0.717) is 16.5 Å². The maximum atomic E-state index is 11.0. The summed E-state index contributed by atoms with van der Waals surface area (Å²) in [5.74, 6) is -1.31. The molecule has 1 amide bonds. The van der Waals surface area contributed by atoms with Gasteiger partial charge in [-0.2, -0.15) is 0 Å². The summed E-state index contributed by atoms with van der Waals surface area (Å²) in [6.45, 7) is 3.84. The number of benzene rings is 1. The maximum Gasteiger partial charge on any atom is 0.303 e. The minimum absolute atomic E-state index is 0.0942. The van der Waals surface area contributed by atoms with Crippen LogP contribution in [0.1, 0.15) is 37.0 Å². The Bertz CT molecular complexity index is 501. The predicted molar refractivity (Wildman–Crippen MR) is 77.2 cm³/mol. The minimum Gasteiger partial charge on any atom is -0.481 e. The second kappa shape index (κ2) is 6.06. The zero-order chi connectivity index (χ0) is 14.6. The molecule has 0 aliphatic heterocycles. The first kappa shape index (κ1) is 15.5. The molecule has 0 radical (unpaired) electrons. The monoisotopic (exact) mass is 328 g/mol. The van der Waals surface area contributed by atoms with Crippen LogP contribution in [0.2, 0.25) is 0 Å². The highest BCUT2D eigenvalue weighted by molar-refractivity contribution is 9.10. The van der Waals surface area contributed by atoms with Crippen LogP contribution in [0.5, 0.6) is 0 Å². The highest BCUT2D eigenvalue weighted by Crippen LogP contribution is 2.28. The van der Waals surface area contributed by atoms with Crippen molar-refractivity contribution in [2.45, 2.75) is 32.2 Å². The Labute approximate surface area is 120 Å². The average molecular weight is 329 g/mol. The number of rotatable bonds is 6. The van der Waals surface area contributed by atoms with Crippen LogP contribution in [0.25, 0.3) is 0 Å². The molecule has 0 fully saturated rings. The number of carboxylic acid groups (broad SMARTS) is 1. The van der Waals surface area contributed by atoms with Gasteiger partial charge in [0.25, 0.3) is 0 Å². The normalized spacial score (nSPS) is 11.1.